The van der Waals surface area contributed by atoms with Gasteiger partial charge in [0.25, 0.3) is 0 Å². The first-order valence-electron chi connectivity index (χ1n) is 8.87. The summed E-state index contributed by atoms with van der Waals surface area (Å²) in [4.78, 5) is 20.6. The molecule has 3 heterocycles. The molecular formula is C20H18N6OS2. The van der Waals surface area contributed by atoms with E-state index in [0.717, 1.165) is 22.4 Å². The SMILES string of the molecule is Cc1cc(C)cc(-n2c(SCC(=O)Nc3nccs3)nnc2-c2cccnc2)c1. The largest absolute Gasteiger partial charge is 0.301 e. The minimum Gasteiger partial charge on any atom is -0.301 e. The van der Waals surface area contributed by atoms with Crippen molar-refractivity contribution in [3.8, 4) is 17.1 Å². The molecule has 1 N–H and O–H groups in total. The molecule has 4 rings (SSSR count). The van der Waals surface area contributed by atoms with Crippen molar-refractivity contribution in [1.29, 1.82) is 0 Å². The zero-order chi connectivity index (χ0) is 20.2. The lowest BCUT2D eigenvalue weighted by molar-refractivity contribution is -0.113. The van der Waals surface area contributed by atoms with Crippen LogP contribution in [0.25, 0.3) is 17.1 Å². The monoisotopic (exact) mass is 422 g/mol. The lowest BCUT2D eigenvalue weighted by Gasteiger charge is -2.12. The summed E-state index contributed by atoms with van der Waals surface area (Å²) in [7, 11) is 0. The Bertz CT molecular complexity index is 1110. The number of carbonyl (C=O) groups excluding carboxylic acids is 1. The van der Waals surface area contributed by atoms with Gasteiger partial charge in [0.15, 0.2) is 16.1 Å². The molecule has 29 heavy (non-hydrogen) atoms. The van der Waals surface area contributed by atoms with E-state index in [-0.39, 0.29) is 11.7 Å². The fraction of sp³-hybridized carbons (Fsp3) is 0.150. The van der Waals surface area contributed by atoms with E-state index in [1.165, 1.54) is 23.1 Å². The van der Waals surface area contributed by atoms with Gasteiger partial charge in [-0.1, -0.05) is 17.8 Å². The minimum atomic E-state index is -0.136. The molecule has 0 fully saturated rings. The van der Waals surface area contributed by atoms with Crippen molar-refractivity contribution in [1.82, 2.24) is 24.7 Å². The number of aromatic nitrogens is 5. The van der Waals surface area contributed by atoms with Crippen molar-refractivity contribution in [2.45, 2.75) is 19.0 Å². The molecule has 0 atom stereocenters. The van der Waals surface area contributed by atoms with Crippen molar-refractivity contribution < 1.29 is 4.79 Å². The van der Waals surface area contributed by atoms with E-state index < -0.39 is 0 Å². The number of rotatable bonds is 6. The molecule has 9 heteroatoms. The van der Waals surface area contributed by atoms with Gasteiger partial charge in [-0.15, -0.1) is 21.5 Å². The van der Waals surface area contributed by atoms with Gasteiger partial charge >= 0.3 is 0 Å². The van der Waals surface area contributed by atoms with Crippen LogP contribution in [0.1, 0.15) is 11.1 Å². The van der Waals surface area contributed by atoms with Crippen LogP contribution >= 0.6 is 23.1 Å². The van der Waals surface area contributed by atoms with E-state index in [4.69, 9.17) is 0 Å². The standard InChI is InChI=1S/C20H18N6OS2/c1-13-8-14(2)10-16(9-13)26-18(15-4-3-5-21-11-15)24-25-20(26)29-12-17(27)23-19-22-6-7-28-19/h3-11H,12H2,1-2H3,(H,22,23,27). The highest BCUT2D eigenvalue weighted by Gasteiger charge is 2.18. The third-order valence-electron chi connectivity index (χ3n) is 4.03. The summed E-state index contributed by atoms with van der Waals surface area (Å²) in [6, 6.07) is 10.1. The second-order valence-electron chi connectivity index (χ2n) is 6.40. The first kappa shape index (κ1) is 19.3. The first-order valence-corrected chi connectivity index (χ1v) is 10.7. The number of carbonyl (C=O) groups is 1. The van der Waals surface area contributed by atoms with E-state index >= 15 is 0 Å². The molecule has 1 aromatic carbocycles. The van der Waals surface area contributed by atoms with Gasteiger partial charge in [-0.05, 0) is 49.2 Å². The maximum atomic E-state index is 12.3. The number of nitrogens with one attached hydrogen (secondary N) is 1. The number of anilines is 1. The number of thiazole rings is 1. The number of aryl methyl sites for hydroxylation is 2. The smallest absolute Gasteiger partial charge is 0.236 e. The van der Waals surface area contributed by atoms with Gasteiger partial charge < -0.3 is 5.32 Å². The number of thioether (sulfide) groups is 1. The summed E-state index contributed by atoms with van der Waals surface area (Å²) in [6.45, 7) is 4.11. The molecule has 0 saturated carbocycles. The van der Waals surface area contributed by atoms with E-state index in [1.54, 1.807) is 18.6 Å². The highest BCUT2D eigenvalue weighted by Crippen LogP contribution is 2.28. The molecular weight excluding hydrogens is 404 g/mol. The first-order chi connectivity index (χ1) is 14.1. The van der Waals surface area contributed by atoms with Crippen LogP contribution in [-0.2, 0) is 4.79 Å². The zero-order valence-corrected chi connectivity index (χ0v) is 17.5. The molecule has 7 nitrogen and oxygen atoms in total. The maximum absolute atomic E-state index is 12.3. The Morgan fingerprint density at radius 3 is 2.69 bits per heavy atom. The Kier molecular flexibility index (Phi) is 5.68. The number of pyridine rings is 1. The summed E-state index contributed by atoms with van der Waals surface area (Å²) in [5.41, 5.74) is 4.10. The fourth-order valence-electron chi connectivity index (χ4n) is 2.93. The topological polar surface area (TPSA) is 85.6 Å². The van der Waals surface area contributed by atoms with E-state index in [0.29, 0.717) is 16.1 Å². The van der Waals surface area contributed by atoms with Gasteiger partial charge in [0.2, 0.25) is 5.91 Å². The zero-order valence-electron chi connectivity index (χ0n) is 15.9. The summed E-state index contributed by atoms with van der Waals surface area (Å²) >= 11 is 2.72. The van der Waals surface area contributed by atoms with Crippen LogP contribution in [0.15, 0.2) is 59.5 Å². The number of hydrogen-bond donors (Lipinski definition) is 1. The second kappa shape index (κ2) is 8.54. The maximum Gasteiger partial charge on any atom is 0.236 e. The Morgan fingerprint density at radius 1 is 1.17 bits per heavy atom. The Labute approximate surface area is 176 Å². The third-order valence-corrected chi connectivity index (χ3v) is 5.65. The molecule has 0 spiro atoms. The van der Waals surface area contributed by atoms with Crippen LogP contribution in [0.3, 0.4) is 0 Å². The number of nitrogens with zero attached hydrogens (tertiary/aromatic N) is 5. The van der Waals surface area contributed by atoms with Crippen molar-refractivity contribution in [3.63, 3.8) is 0 Å². The summed E-state index contributed by atoms with van der Waals surface area (Å²) < 4.78 is 1.97. The predicted molar refractivity (Wildman–Crippen MR) is 116 cm³/mol. The van der Waals surface area contributed by atoms with Crippen LogP contribution in [0.2, 0.25) is 0 Å². The van der Waals surface area contributed by atoms with Crippen molar-refractivity contribution in [2.24, 2.45) is 0 Å². The van der Waals surface area contributed by atoms with E-state index in [1.807, 2.05) is 22.1 Å². The summed E-state index contributed by atoms with van der Waals surface area (Å²) in [5, 5.41) is 14.6. The highest BCUT2D eigenvalue weighted by atomic mass is 32.2. The summed E-state index contributed by atoms with van der Waals surface area (Å²) in [6.07, 6.45) is 5.14. The van der Waals surface area contributed by atoms with Crippen molar-refractivity contribution in [3.05, 3.63) is 65.4 Å². The number of hydrogen-bond acceptors (Lipinski definition) is 7. The molecule has 146 valence electrons. The van der Waals surface area contributed by atoms with Gasteiger partial charge in [-0.2, -0.15) is 0 Å². The average Bonchev–Trinajstić information content (AvgIpc) is 3.36. The van der Waals surface area contributed by atoms with Gasteiger partial charge in [-0.3, -0.25) is 14.3 Å². The fourth-order valence-corrected chi connectivity index (χ4v) is 4.23. The average molecular weight is 423 g/mol. The van der Waals surface area contributed by atoms with Gasteiger partial charge in [0.05, 0.1) is 11.4 Å². The Hall–Kier alpha value is -3.04. The molecule has 3 aromatic heterocycles. The van der Waals surface area contributed by atoms with E-state index in [2.05, 4.69) is 57.5 Å². The van der Waals surface area contributed by atoms with Gasteiger partial charge in [-0.25, -0.2) is 4.98 Å². The number of amides is 1. The normalized spacial score (nSPS) is 10.8. The van der Waals surface area contributed by atoms with Crippen LogP contribution < -0.4 is 5.32 Å². The predicted octanol–water partition coefficient (Wildman–Crippen LogP) is 4.13. The van der Waals surface area contributed by atoms with Gasteiger partial charge in [0.1, 0.15) is 0 Å². The van der Waals surface area contributed by atoms with E-state index in [9.17, 15) is 4.79 Å². The molecule has 0 aliphatic carbocycles. The molecule has 4 aromatic rings. The third kappa shape index (κ3) is 4.52. The second-order valence-corrected chi connectivity index (χ2v) is 8.24. The van der Waals surface area contributed by atoms with Crippen molar-refractivity contribution in [2.75, 3.05) is 11.1 Å². The van der Waals surface area contributed by atoms with Crippen molar-refractivity contribution >= 4 is 34.1 Å². The molecule has 1 amide bonds. The van der Waals surface area contributed by atoms with Crippen LogP contribution in [0, 0.1) is 13.8 Å². The highest BCUT2D eigenvalue weighted by molar-refractivity contribution is 7.99. The van der Waals surface area contributed by atoms with Gasteiger partial charge in [0, 0.05) is 29.5 Å². The minimum absolute atomic E-state index is 0.136. The quantitative estimate of drug-likeness (QED) is 0.470. The molecule has 0 unspecified atom stereocenters. The molecule has 0 saturated heterocycles. The van der Waals surface area contributed by atoms with Crippen LogP contribution in [0.4, 0.5) is 5.13 Å². The number of benzene rings is 1. The molecule has 0 aliphatic rings. The lowest BCUT2D eigenvalue weighted by atomic mass is 10.1. The summed E-state index contributed by atoms with van der Waals surface area (Å²) in [5.74, 6) is 0.754. The van der Waals surface area contributed by atoms with Crippen LogP contribution in [-0.4, -0.2) is 36.4 Å². The Morgan fingerprint density at radius 2 is 2.00 bits per heavy atom. The lowest BCUT2D eigenvalue weighted by Crippen LogP contribution is -2.14. The molecule has 0 bridgehead atoms. The molecule has 0 aliphatic heterocycles. The molecule has 0 radical (unpaired) electrons. The van der Waals surface area contributed by atoms with Crippen LogP contribution in [0.5, 0.6) is 0 Å². The Balaban J connectivity index is 1.66.